The molecule has 0 aliphatic heterocycles. The molecular formula is C8H8N2S. The number of aromatic nitrogens is 2. The van der Waals surface area contributed by atoms with Crippen LogP contribution in [0.15, 0.2) is 29.9 Å². The number of hydrogen-bond donors (Lipinski definition) is 0. The second-order valence-corrected chi connectivity index (χ2v) is 3.33. The van der Waals surface area contributed by atoms with E-state index in [1.54, 1.807) is 11.3 Å². The second-order valence-electron chi connectivity index (χ2n) is 2.38. The van der Waals surface area contributed by atoms with Crippen molar-refractivity contribution in [2.24, 2.45) is 7.05 Å². The molecule has 3 heteroatoms. The smallest absolute Gasteiger partial charge is 0.0576 e. The van der Waals surface area contributed by atoms with Crippen molar-refractivity contribution in [2.75, 3.05) is 0 Å². The average molecular weight is 164 g/mol. The molecule has 0 saturated carbocycles. The fraction of sp³-hybridized carbons (Fsp3) is 0.125. The fourth-order valence-electron chi connectivity index (χ4n) is 0.991. The van der Waals surface area contributed by atoms with E-state index >= 15 is 0 Å². The Morgan fingerprint density at radius 3 is 3.00 bits per heavy atom. The molecule has 2 rings (SSSR count). The molecule has 0 aliphatic rings. The molecule has 0 amide bonds. The maximum atomic E-state index is 4.10. The Hall–Kier alpha value is -1.09. The van der Waals surface area contributed by atoms with Crippen molar-refractivity contribution in [2.45, 2.75) is 0 Å². The van der Waals surface area contributed by atoms with E-state index in [1.165, 1.54) is 10.4 Å². The first-order chi connectivity index (χ1) is 5.36. The van der Waals surface area contributed by atoms with Crippen molar-refractivity contribution in [1.29, 1.82) is 0 Å². The third-order valence-electron chi connectivity index (χ3n) is 1.51. The molecule has 0 saturated heterocycles. The summed E-state index contributed by atoms with van der Waals surface area (Å²) in [6, 6.07) is 4.15. The van der Waals surface area contributed by atoms with Crippen LogP contribution in [0, 0.1) is 0 Å². The quantitative estimate of drug-likeness (QED) is 0.631. The summed E-state index contributed by atoms with van der Waals surface area (Å²) in [5.74, 6) is 0. The van der Waals surface area contributed by atoms with E-state index in [1.807, 2.05) is 30.2 Å². The molecule has 0 aromatic carbocycles. The maximum absolute atomic E-state index is 4.10. The van der Waals surface area contributed by atoms with Gasteiger partial charge in [-0.2, -0.15) is 5.10 Å². The standard InChI is InChI=1S/C8H8N2S/c1-10-6-7(5-9-10)8-3-2-4-11-8/h2-6H,1H3. The zero-order chi connectivity index (χ0) is 7.68. The van der Waals surface area contributed by atoms with Gasteiger partial charge in [-0.3, -0.25) is 4.68 Å². The minimum absolute atomic E-state index is 1.20. The number of rotatable bonds is 1. The Balaban J connectivity index is 2.45. The fourth-order valence-corrected chi connectivity index (χ4v) is 1.69. The Kier molecular flexibility index (Phi) is 1.51. The summed E-state index contributed by atoms with van der Waals surface area (Å²) < 4.78 is 1.81. The van der Waals surface area contributed by atoms with E-state index in [0.29, 0.717) is 0 Å². The lowest BCUT2D eigenvalue weighted by atomic mass is 10.3. The minimum atomic E-state index is 1.20. The molecule has 0 atom stereocenters. The summed E-state index contributed by atoms with van der Waals surface area (Å²) >= 11 is 1.74. The average Bonchev–Trinajstić information content (AvgIpc) is 2.55. The molecule has 2 aromatic rings. The van der Waals surface area contributed by atoms with Gasteiger partial charge < -0.3 is 0 Å². The summed E-state index contributed by atoms with van der Waals surface area (Å²) in [6.45, 7) is 0. The van der Waals surface area contributed by atoms with Gasteiger partial charge in [-0.1, -0.05) is 6.07 Å². The number of hydrogen-bond acceptors (Lipinski definition) is 2. The van der Waals surface area contributed by atoms with Crippen LogP contribution in [0.1, 0.15) is 0 Å². The van der Waals surface area contributed by atoms with Crippen molar-refractivity contribution in [3.8, 4) is 10.4 Å². The lowest BCUT2D eigenvalue weighted by molar-refractivity contribution is 0.768. The summed E-state index contributed by atoms with van der Waals surface area (Å²) in [4.78, 5) is 1.28. The van der Waals surface area contributed by atoms with Crippen LogP contribution >= 0.6 is 11.3 Å². The topological polar surface area (TPSA) is 17.8 Å². The van der Waals surface area contributed by atoms with Gasteiger partial charge in [-0.25, -0.2) is 0 Å². The Bertz CT molecular complexity index is 335. The largest absolute Gasteiger partial charge is 0.275 e. The number of aryl methyl sites for hydroxylation is 1. The molecule has 0 fully saturated rings. The van der Waals surface area contributed by atoms with Crippen LogP contribution in [0.5, 0.6) is 0 Å². The SMILES string of the molecule is Cn1cc(-c2cccs2)cn1. The highest BCUT2D eigenvalue weighted by atomic mass is 32.1. The van der Waals surface area contributed by atoms with Crippen LogP contribution in [0.3, 0.4) is 0 Å². The third kappa shape index (κ3) is 1.19. The molecule has 2 nitrogen and oxygen atoms in total. The Morgan fingerprint density at radius 1 is 1.55 bits per heavy atom. The van der Waals surface area contributed by atoms with Gasteiger partial charge in [0.15, 0.2) is 0 Å². The molecule has 2 aromatic heterocycles. The van der Waals surface area contributed by atoms with Gasteiger partial charge in [-0.15, -0.1) is 11.3 Å². The van der Waals surface area contributed by atoms with E-state index in [0.717, 1.165) is 0 Å². The Morgan fingerprint density at radius 2 is 2.45 bits per heavy atom. The molecule has 56 valence electrons. The van der Waals surface area contributed by atoms with E-state index in [9.17, 15) is 0 Å². The van der Waals surface area contributed by atoms with Crippen molar-refractivity contribution in [3.05, 3.63) is 29.9 Å². The van der Waals surface area contributed by atoms with Gasteiger partial charge in [0.2, 0.25) is 0 Å². The zero-order valence-corrected chi connectivity index (χ0v) is 7.01. The third-order valence-corrected chi connectivity index (χ3v) is 2.43. The minimum Gasteiger partial charge on any atom is -0.275 e. The van der Waals surface area contributed by atoms with Crippen molar-refractivity contribution in [3.63, 3.8) is 0 Å². The summed E-state index contributed by atoms with van der Waals surface area (Å²) in [6.07, 6.45) is 3.90. The highest BCUT2D eigenvalue weighted by Crippen LogP contribution is 2.23. The van der Waals surface area contributed by atoms with Crippen molar-refractivity contribution >= 4 is 11.3 Å². The molecular weight excluding hydrogens is 156 g/mol. The molecule has 11 heavy (non-hydrogen) atoms. The highest BCUT2D eigenvalue weighted by Gasteiger charge is 1.98. The summed E-state index contributed by atoms with van der Waals surface area (Å²) in [5, 5.41) is 6.17. The van der Waals surface area contributed by atoms with Gasteiger partial charge in [0, 0.05) is 23.7 Å². The predicted octanol–water partition coefficient (Wildman–Crippen LogP) is 2.15. The lowest BCUT2D eigenvalue weighted by Crippen LogP contribution is -1.83. The van der Waals surface area contributed by atoms with Crippen LogP contribution < -0.4 is 0 Å². The molecule has 0 bridgehead atoms. The predicted molar refractivity (Wildman–Crippen MR) is 46.5 cm³/mol. The number of nitrogens with zero attached hydrogens (tertiary/aromatic N) is 2. The second kappa shape index (κ2) is 2.51. The van der Waals surface area contributed by atoms with Crippen molar-refractivity contribution < 1.29 is 0 Å². The number of thiophene rings is 1. The van der Waals surface area contributed by atoms with E-state index in [-0.39, 0.29) is 0 Å². The normalized spacial score (nSPS) is 10.3. The summed E-state index contributed by atoms with van der Waals surface area (Å²) in [7, 11) is 1.93. The van der Waals surface area contributed by atoms with Crippen LogP contribution in [-0.4, -0.2) is 9.78 Å². The van der Waals surface area contributed by atoms with Gasteiger partial charge in [0.25, 0.3) is 0 Å². The first-order valence-electron chi connectivity index (χ1n) is 3.39. The molecule has 0 aliphatic carbocycles. The molecule has 0 N–H and O–H groups in total. The maximum Gasteiger partial charge on any atom is 0.0576 e. The van der Waals surface area contributed by atoms with E-state index in [2.05, 4.69) is 16.5 Å². The molecule has 0 spiro atoms. The Labute approximate surface area is 69.1 Å². The van der Waals surface area contributed by atoms with Gasteiger partial charge >= 0.3 is 0 Å². The van der Waals surface area contributed by atoms with Crippen LogP contribution in [-0.2, 0) is 7.05 Å². The van der Waals surface area contributed by atoms with Crippen LogP contribution in [0.25, 0.3) is 10.4 Å². The molecule has 0 radical (unpaired) electrons. The van der Waals surface area contributed by atoms with Gasteiger partial charge in [0.1, 0.15) is 0 Å². The van der Waals surface area contributed by atoms with Gasteiger partial charge in [-0.05, 0) is 11.4 Å². The lowest BCUT2D eigenvalue weighted by Gasteiger charge is -1.85. The molecule has 0 unspecified atom stereocenters. The monoisotopic (exact) mass is 164 g/mol. The van der Waals surface area contributed by atoms with Crippen molar-refractivity contribution in [1.82, 2.24) is 9.78 Å². The van der Waals surface area contributed by atoms with Crippen LogP contribution in [0.2, 0.25) is 0 Å². The highest BCUT2D eigenvalue weighted by molar-refractivity contribution is 7.13. The first-order valence-corrected chi connectivity index (χ1v) is 4.27. The molecule has 2 heterocycles. The zero-order valence-electron chi connectivity index (χ0n) is 6.19. The summed E-state index contributed by atoms with van der Waals surface area (Å²) in [5.41, 5.74) is 1.20. The first kappa shape index (κ1) is 6.61. The van der Waals surface area contributed by atoms with Crippen LogP contribution in [0.4, 0.5) is 0 Å². The van der Waals surface area contributed by atoms with Gasteiger partial charge in [0.05, 0.1) is 6.20 Å². The van der Waals surface area contributed by atoms with E-state index in [4.69, 9.17) is 0 Å². The van der Waals surface area contributed by atoms with E-state index < -0.39 is 0 Å².